The molecular formula is C41H49F2NO14. The number of carbonyl (C=O) groups is 5. The molecular weight excluding hydrogens is 768 g/mol. The smallest absolute Gasteiger partial charge is 0.408 e. The van der Waals surface area contributed by atoms with E-state index in [0.29, 0.717) is 0 Å². The maximum absolute atomic E-state index is 16.4. The van der Waals surface area contributed by atoms with Crippen molar-refractivity contribution >= 4 is 29.8 Å². The molecule has 2 heterocycles. The Bertz CT molecular complexity index is 1990. The molecule has 0 spiro atoms. The Morgan fingerprint density at radius 1 is 1.02 bits per heavy atom. The number of alkyl halides is 2. The molecule has 2 saturated carbocycles. The number of amides is 1. The molecule has 15 nitrogen and oxygen atoms in total. The molecule has 1 amide bonds. The summed E-state index contributed by atoms with van der Waals surface area (Å²) < 4.78 is 66.4. The SMILES string of the molecule is CC(=O)O[C@@]12CO[C@@H]1C[C@H](O)[C@@]1(C)C(=O)[C@H](O)C3=C(C)[C@@H](OC(=O)C(F)(F)C(NC(=O)OC(C)(C)C)c4ccoc4)C[C@@](O)([C@@H](OC(=O)c4ccccc4)[C@H]21)C3(C)C. The molecule has 0 radical (unpaired) electrons. The second-order valence-electron chi connectivity index (χ2n) is 17.3. The number of alkyl carbamates (subject to hydrolysis) is 1. The number of aliphatic hydroxyl groups excluding tert-OH is 2. The van der Waals surface area contributed by atoms with E-state index in [0.717, 1.165) is 25.5 Å². The molecule has 1 aliphatic heterocycles. The van der Waals surface area contributed by atoms with Crippen LogP contribution in [-0.4, -0.2) is 105 Å². The van der Waals surface area contributed by atoms with Gasteiger partial charge in [-0.3, -0.25) is 9.59 Å². The summed E-state index contributed by atoms with van der Waals surface area (Å²) >= 11 is 0. The average molecular weight is 818 g/mol. The van der Waals surface area contributed by atoms with E-state index in [1.165, 1.54) is 60.6 Å². The molecule has 316 valence electrons. The van der Waals surface area contributed by atoms with Gasteiger partial charge in [0.1, 0.15) is 41.7 Å². The van der Waals surface area contributed by atoms with Gasteiger partial charge in [-0.25, -0.2) is 14.4 Å². The number of rotatable bonds is 8. The van der Waals surface area contributed by atoms with Crippen LogP contribution >= 0.6 is 0 Å². The van der Waals surface area contributed by atoms with Crippen LogP contribution in [-0.2, 0) is 38.1 Å². The number of furan rings is 1. The van der Waals surface area contributed by atoms with Crippen molar-refractivity contribution in [3.63, 3.8) is 0 Å². The summed E-state index contributed by atoms with van der Waals surface area (Å²) in [6, 6.07) is 6.29. The van der Waals surface area contributed by atoms with Gasteiger partial charge in [-0.1, -0.05) is 32.0 Å². The number of ketones is 1. The first-order valence-electron chi connectivity index (χ1n) is 18.8. The average Bonchev–Trinajstić information content (AvgIpc) is 3.66. The standard InChI is InChI=1S/C41H49F2NO14/c1-20-24(55-34(50)41(42,43)30(23-14-15-53-18-23)44-35(51)58-36(3,4)5)17-40(52)32(56-33(49)22-12-10-9-11-13-22)29-38(8,31(48)28(47)27(20)37(40,6)7)25(46)16-26-39(29,19-54-26)57-21(2)45/h9-15,18,24-26,28-30,32,46-47,52H,16-17,19H2,1-8H3,(H,44,51)/t24-,25-,26+,28+,29-,30?,32-,38+,39-,40+/m0/s1. The number of nitrogens with one attached hydrogen (secondary N) is 1. The summed E-state index contributed by atoms with van der Waals surface area (Å²) in [7, 11) is 0. The molecule has 3 fully saturated rings. The van der Waals surface area contributed by atoms with Crippen molar-refractivity contribution in [1.82, 2.24) is 5.32 Å². The first kappa shape index (κ1) is 42.9. The topological polar surface area (TPSA) is 217 Å². The zero-order chi connectivity index (χ0) is 43.0. The quantitative estimate of drug-likeness (QED) is 0.168. The van der Waals surface area contributed by atoms with Gasteiger partial charge in [-0.15, -0.1) is 0 Å². The largest absolute Gasteiger partial charge is 0.472 e. The Morgan fingerprint density at radius 2 is 1.67 bits per heavy atom. The molecule has 1 aromatic heterocycles. The lowest BCUT2D eigenvalue weighted by Crippen LogP contribution is -2.81. The number of carbonyl (C=O) groups excluding carboxylic acids is 5. The summed E-state index contributed by atoms with van der Waals surface area (Å²) in [6.07, 6.45) is -8.96. The lowest BCUT2D eigenvalue weighted by atomic mass is 9.44. The Balaban J connectivity index is 1.50. The van der Waals surface area contributed by atoms with Crippen LogP contribution in [0.1, 0.15) is 90.2 Å². The van der Waals surface area contributed by atoms with E-state index in [-0.39, 0.29) is 35.3 Å². The van der Waals surface area contributed by atoms with Crippen molar-refractivity contribution in [1.29, 1.82) is 0 Å². The van der Waals surface area contributed by atoms with Crippen LogP contribution in [0.2, 0.25) is 0 Å². The van der Waals surface area contributed by atoms with Gasteiger partial charge in [-0.2, -0.15) is 8.78 Å². The van der Waals surface area contributed by atoms with E-state index >= 15 is 8.78 Å². The van der Waals surface area contributed by atoms with Gasteiger partial charge in [-0.05, 0) is 64.0 Å². The third-order valence-corrected chi connectivity index (χ3v) is 12.3. The van der Waals surface area contributed by atoms with E-state index in [1.54, 1.807) is 18.2 Å². The normalized spacial score (nSPS) is 33.5. The number of hydrogen-bond donors (Lipinski definition) is 4. The zero-order valence-electron chi connectivity index (χ0n) is 33.4. The molecule has 2 bridgehead atoms. The van der Waals surface area contributed by atoms with Gasteiger partial charge in [0, 0.05) is 30.7 Å². The molecule has 1 unspecified atom stereocenters. The minimum absolute atomic E-state index is 0.00600. The van der Waals surface area contributed by atoms with Crippen LogP contribution in [0.5, 0.6) is 0 Å². The first-order valence-corrected chi connectivity index (χ1v) is 18.8. The lowest BCUT2D eigenvalue weighted by Gasteiger charge is -2.67. The summed E-state index contributed by atoms with van der Waals surface area (Å²) in [6.45, 7) is 10.8. The first-order chi connectivity index (χ1) is 26.8. The number of halogens is 2. The third kappa shape index (κ3) is 6.78. The van der Waals surface area contributed by atoms with E-state index in [9.17, 15) is 39.3 Å². The molecule has 1 aromatic carbocycles. The van der Waals surface area contributed by atoms with Gasteiger partial charge in [0.15, 0.2) is 11.4 Å². The van der Waals surface area contributed by atoms with Crippen LogP contribution in [0, 0.1) is 16.7 Å². The molecule has 17 heteroatoms. The molecule has 10 atom stereocenters. The molecule has 4 aliphatic rings. The van der Waals surface area contributed by atoms with Crippen molar-refractivity contribution in [3.8, 4) is 0 Å². The highest BCUT2D eigenvalue weighted by molar-refractivity contribution is 5.94. The fourth-order valence-corrected chi connectivity index (χ4v) is 9.35. The third-order valence-electron chi connectivity index (χ3n) is 12.3. The maximum Gasteiger partial charge on any atom is 0.408 e. The summed E-state index contributed by atoms with van der Waals surface area (Å²) in [5.74, 6) is -11.2. The predicted molar refractivity (Wildman–Crippen MR) is 195 cm³/mol. The van der Waals surface area contributed by atoms with Crippen LogP contribution in [0.3, 0.4) is 0 Å². The van der Waals surface area contributed by atoms with Crippen molar-refractivity contribution < 1.29 is 76.2 Å². The number of benzene rings is 1. The molecule has 2 aromatic rings. The van der Waals surface area contributed by atoms with Crippen molar-refractivity contribution in [2.45, 2.75) is 128 Å². The summed E-state index contributed by atoms with van der Waals surface area (Å²) in [5.41, 5.74) is -9.99. The molecule has 4 N–H and O–H groups in total. The fraction of sp³-hybridized carbons (Fsp3) is 0.585. The van der Waals surface area contributed by atoms with Crippen LogP contribution in [0.15, 0.2) is 64.5 Å². The minimum Gasteiger partial charge on any atom is -0.472 e. The highest BCUT2D eigenvalue weighted by Crippen LogP contribution is 2.64. The summed E-state index contributed by atoms with van der Waals surface area (Å²) in [5, 5.41) is 39.2. The number of Topliss-reactive ketones (excluding diaryl/α,β-unsaturated/α-hetero) is 1. The van der Waals surface area contributed by atoms with Gasteiger partial charge in [0.2, 0.25) is 0 Å². The van der Waals surface area contributed by atoms with Crippen molar-refractivity contribution in [2.24, 2.45) is 16.7 Å². The van der Waals surface area contributed by atoms with E-state index in [4.69, 9.17) is 28.1 Å². The van der Waals surface area contributed by atoms with Gasteiger partial charge < -0.3 is 48.7 Å². The Labute approximate surface area is 333 Å². The van der Waals surface area contributed by atoms with Crippen LogP contribution in [0.4, 0.5) is 13.6 Å². The predicted octanol–water partition coefficient (Wildman–Crippen LogP) is 4.13. The van der Waals surface area contributed by atoms with Gasteiger partial charge >= 0.3 is 29.9 Å². The highest BCUT2D eigenvalue weighted by atomic mass is 19.3. The lowest BCUT2D eigenvalue weighted by molar-refractivity contribution is -0.346. The van der Waals surface area contributed by atoms with Crippen molar-refractivity contribution in [3.05, 3.63) is 71.2 Å². The van der Waals surface area contributed by atoms with Gasteiger partial charge in [0.05, 0.1) is 42.1 Å². The molecule has 1 saturated heterocycles. The second-order valence-corrected chi connectivity index (χ2v) is 17.3. The van der Waals surface area contributed by atoms with Crippen molar-refractivity contribution in [2.75, 3.05) is 6.61 Å². The monoisotopic (exact) mass is 817 g/mol. The second kappa shape index (κ2) is 14.5. The number of ether oxygens (including phenoxy) is 5. The van der Waals surface area contributed by atoms with E-state index < -0.39 is 112 Å². The highest BCUT2D eigenvalue weighted by Gasteiger charge is 2.78. The van der Waals surface area contributed by atoms with Gasteiger partial charge in [0.25, 0.3) is 0 Å². The molecule has 58 heavy (non-hydrogen) atoms. The summed E-state index contributed by atoms with van der Waals surface area (Å²) in [4.78, 5) is 68.3. The maximum atomic E-state index is 16.4. The molecule has 3 aliphatic carbocycles. The Morgan fingerprint density at radius 3 is 2.22 bits per heavy atom. The number of esters is 3. The van der Waals surface area contributed by atoms with Crippen LogP contribution < -0.4 is 5.32 Å². The fourth-order valence-electron chi connectivity index (χ4n) is 9.35. The van der Waals surface area contributed by atoms with E-state index in [2.05, 4.69) is 0 Å². The zero-order valence-corrected chi connectivity index (χ0v) is 33.4. The Hall–Kier alpha value is -4.71. The number of hydrogen-bond acceptors (Lipinski definition) is 14. The van der Waals surface area contributed by atoms with Crippen LogP contribution in [0.25, 0.3) is 0 Å². The Kier molecular flexibility index (Phi) is 10.7. The van der Waals surface area contributed by atoms with E-state index in [1.807, 2.05) is 5.32 Å². The molecule has 6 rings (SSSR count). The number of aliphatic hydroxyl groups is 3. The number of fused-ring (bicyclic) bond motifs is 5. The minimum atomic E-state index is -4.54.